The van der Waals surface area contributed by atoms with E-state index >= 15 is 0 Å². The van der Waals surface area contributed by atoms with Gasteiger partial charge in [0.05, 0.1) is 24.1 Å². The first kappa shape index (κ1) is 23.1. The SMILES string of the molecule is CON=C1CN(C(=O)c2ccc(-c3ccccn3)cc2)C(C[C@@H](O)c2ccccc2)(C(N)=O)C1. The van der Waals surface area contributed by atoms with Gasteiger partial charge < -0.3 is 20.6 Å². The monoisotopic (exact) mass is 458 g/mol. The van der Waals surface area contributed by atoms with Gasteiger partial charge in [0.2, 0.25) is 5.91 Å². The van der Waals surface area contributed by atoms with Crippen molar-refractivity contribution < 1.29 is 19.5 Å². The van der Waals surface area contributed by atoms with Crippen LogP contribution in [0.5, 0.6) is 0 Å². The Kier molecular flexibility index (Phi) is 6.70. The highest BCUT2D eigenvalue weighted by atomic mass is 16.6. The molecule has 0 radical (unpaired) electrons. The Balaban J connectivity index is 1.67. The summed E-state index contributed by atoms with van der Waals surface area (Å²) in [6.45, 7) is 0.0686. The van der Waals surface area contributed by atoms with Gasteiger partial charge in [-0.1, -0.05) is 53.7 Å². The largest absolute Gasteiger partial charge is 0.399 e. The summed E-state index contributed by atoms with van der Waals surface area (Å²) in [7, 11) is 1.40. The first-order valence-electron chi connectivity index (χ1n) is 10.9. The minimum absolute atomic E-state index is 0.0627. The molecule has 174 valence electrons. The summed E-state index contributed by atoms with van der Waals surface area (Å²) in [5.74, 6) is -1.09. The average molecular weight is 459 g/mol. The van der Waals surface area contributed by atoms with E-state index in [1.807, 2.05) is 24.3 Å². The average Bonchev–Trinajstić information content (AvgIpc) is 3.24. The summed E-state index contributed by atoms with van der Waals surface area (Å²) in [6, 6.07) is 21.6. The van der Waals surface area contributed by atoms with Crippen LogP contribution in [-0.4, -0.2) is 51.7 Å². The van der Waals surface area contributed by atoms with Crippen LogP contribution in [0.4, 0.5) is 0 Å². The van der Waals surface area contributed by atoms with Crippen molar-refractivity contribution in [3.05, 3.63) is 90.1 Å². The fourth-order valence-electron chi connectivity index (χ4n) is 4.37. The van der Waals surface area contributed by atoms with Crippen LogP contribution in [0.25, 0.3) is 11.3 Å². The number of likely N-dealkylation sites (tertiary alicyclic amines) is 1. The lowest BCUT2D eigenvalue weighted by Gasteiger charge is -2.36. The minimum Gasteiger partial charge on any atom is -0.399 e. The first-order chi connectivity index (χ1) is 16.4. The highest BCUT2D eigenvalue weighted by Crippen LogP contribution is 2.37. The molecule has 3 N–H and O–H groups in total. The predicted molar refractivity (Wildman–Crippen MR) is 128 cm³/mol. The van der Waals surface area contributed by atoms with Crippen molar-refractivity contribution in [1.82, 2.24) is 9.88 Å². The van der Waals surface area contributed by atoms with Crippen molar-refractivity contribution in [2.45, 2.75) is 24.5 Å². The van der Waals surface area contributed by atoms with E-state index in [2.05, 4.69) is 10.1 Å². The van der Waals surface area contributed by atoms with Crippen molar-refractivity contribution in [2.75, 3.05) is 13.7 Å². The molecule has 3 aromatic rings. The van der Waals surface area contributed by atoms with Crippen molar-refractivity contribution >= 4 is 17.5 Å². The van der Waals surface area contributed by atoms with Gasteiger partial charge in [-0.2, -0.15) is 0 Å². The zero-order chi connectivity index (χ0) is 24.1. The van der Waals surface area contributed by atoms with Gasteiger partial charge >= 0.3 is 0 Å². The van der Waals surface area contributed by atoms with Crippen LogP contribution in [0.2, 0.25) is 0 Å². The molecule has 8 heteroatoms. The molecule has 34 heavy (non-hydrogen) atoms. The highest BCUT2D eigenvalue weighted by Gasteiger charge is 2.52. The Bertz CT molecular complexity index is 1180. The normalized spacial score (nSPS) is 19.7. The van der Waals surface area contributed by atoms with E-state index in [0.29, 0.717) is 16.8 Å². The van der Waals surface area contributed by atoms with Crippen LogP contribution in [0.1, 0.15) is 34.9 Å². The molecule has 2 amide bonds. The molecular formula is C26H26N4O4. The molecule has 2 atom stereocenters. The third kappa shape index (κ3) is 4.53. The fraction of sp³-hybridized carbons (Fsp3) is 0.231. The molecule has 1 unspecified atom stereocenters. The smallest absolute Gasteiger partial charge is 0.255 e. The third-order valence-corrected chi connectivity index (χ3v) is 6.09. The van der Waals surface area contributed by atoms with Gasteiger partial charge in [-0.25, -0.2) is 0 Å². The number of hydrogen-bond acceptors (Lipinski definition) is 6. The molecule has 0 bridgehead atoms. The number of carbonyl (C=O) groups excluding carboxylic acids is 2. The van der Waals surface area contributed by atoms with Crippen LogP contribution >= 0.6 is 0 Å². The maximum atomic E-state index is 13.6. The number of aliphatic hydroxyl groups excluding tert-OH is 1. The third-order valence-electron chi connectivity index (χ3n) is 6.09. The number of pyridine rings is 1. The highest BCUT2D eigenvalue weighted by molar-refractivity contribution is 6.07. The lowest BCUT2D eigenvalue weighted by atomic mass is 9.85. The molecule has 1 aromatic heterocycles. The predicted octanol–water partition coefficient (Wildman–Crippen LogP) is 2.94. The summed E-state index contributed by atoms with van der Waals surface area (Å²) in [4.78, 5) is 37.1. The number of aliphatic hydroxyl groups is 1. The number of nitrogens with zero attached hydrogens (tertiary/aromatic N) is 3. The molecule has 0 aliphatic carbocycles. The van der Waals surface area contributed by atoms with E-state index in [-0.39, 0.29) is 25.3 Å². The second kappa shape index (κ2) is 9.84. The molecular weight excluding hydrogens is 432 g/mol. The van der Waals surface area contributed by atoms with E-state index in [1.54, 1.807) is 54.7 Å². The quantitative estimate of drug-likeness (QED) is 0.528. The van der Waals surface area contributed by atoms with E-state index in [0.717, 1.165) is 11.3 Å². The topological polar surface area (TPSA) is 118 Å². The Labute approximate surface area is 197 Å². The Morgan fingerprint density at radius 2 is 1.82 bits per heavy atom. The molecule has 1 saturated heterocycles. The maximum absolute atomic E-state index is 13.6. The number of hydrogen-bond donors (Lipinski definition) is 2. The molecule has 0 spiro atoms. The molecule has 1 aliphatic heterocycles. The van der Waals surface area contributed by atoms with E-state index < -0.39 is 17.6 Å². The van der Waals surface area contributed by atoms with Crippen LogP contribution < -0.4 is 5.73 Å². The van der Waals surface area contributed by atoms with Gasteiger partial charge in [-0.15, -0.1) is 0 Å². The van der Waals surface area contributed by atoms with Crippen molar-refractivity contribution in [3.8, 4) is 11.3 Å². The number of rotatable bonds is 7. The minimum atomic E-state index is -1.45. The van der Waals surface area contributed by atoms with Gasteiger partial charge in [0, 0.05) is 30.2 Å². The second-order valence-electron chi connectivity index (χ2n) is 8.23. The molecule has 1 aliphatic rings. The number of oxime groups is 1. The summed E-state index contributed by atoms with van der Waals surface area (Å²) >= 11 is 0. The molecule has 0 saturated carbocycles. The number of benzene rings is 2. The summed E-state index contributed by atoms with van der Waals surface area (Å²) in [5.41, 5.74) is 7.59. The van der Waals surface area contributed by atoms with Gasteiger partial charge in [-0.05, 0) is 29.8 Å². The van der Waals surface area contributed by atoms with Crippen molar-refractivity contribution in [3.63, 3.8) is 0 Å². The van der Waals surface area contributed by atoms with Crippen LogP contribution in [-0.2, 0) is 9.63 Å². The number of nitrogens with two attached hydrogens (primary N) is 1. The second-order valence-corrected chi connectivity index (χ2v) is 8.23. The number of aromatic nitrogens is 1. The Hall–Kier alpha value is -4.04. The standard InChI is InChI=1S/C26H26N4O4/c1-34-29-21-15-26(25(27)33,16-23(31)19-7-3-2-4-8-19)30(17-21)24(32)20-12-10-18(11-13-20)22-9-5-6-14-28-22/h2-14,23,31H,15-17H2,1H3,(H2,27,33)/t23-,26?/m1/s1. The van der Waals surface area contributed by atoms with E-state index in [9.17, 15) is 14.7 Å². The Morgan fingerprint density at radius 3 is 2.44 bits per heavy atom. The maximum Gasteiger partial charge on any atom is 0.255 e. The van der Waals surface area contributed by atoms with E-state index in [4.69, 9.17) is 10.6 Å². The summed E-state index contributed by atoms with van der Waals surface area (Å²) in [5, 5.41) is 14.9. The Morgan fingerprint density at radius 1 is 1.12 bits per heavy atom. The van der Waals surface area contributed by atoms with Gasteiger partial charge in [0.25, 0.3) is 5.91 Å². The lowest BCUT2D eigenvalue weighted by Crippen LogP contribution is -2.56. The van der Waals surface area contributed by atoms with E-state index in [1.165, 1.54) is 12.0 Å². The van der Waals surface area contributed by atoms with Crippen LogP contribution in [0.15, 0.2) is 84.1 Å². The van der Waals surface area contributed by atoms with Crippen molar-refractivity contribution in [2.24, 2.45) is 10.9 Å². The lowest BCUT2D eigenvalue weighted by molar-refractivity contribution is -0.129. The van der Waals surface area contributed by atoms with Gasteiger partial charge in [-0.3, -0.25) is 14.6 Å². The van der Waals surface area contributed by atoms with Crippen molar-refractivity contribution in [1.29, 1.82) is 0 Å². The van der Waals surface area contributed by atoms with Crippen LogP contribution in [0, 0.1) is 0 Å². The number of primary amides is 1. The molecule has 2 aromatic carbocycles. The fourth-order valence-corrected chi connectivity index (χ4v) is 4.37. The zero-order valence-corrected chi connectivity index (χ0v) is 18.8. The zero-order valence-electron chi connectivity index (χ0n) is 18.8. The molecule has 1 fully saturated rings. The first-order valence-corrected chi connectivity index (χ1v) is 10.9. The molecule has 8 nitrogen and oxygen atoms in total. The van der Waals surface area contributed by atoms with Gasteiger partial charge in [0.15, 0.2) is 0 Å². The van der Waals surface area contributed by atoms with Crippen LogP contribution in [0.3, 0.4) is 0 Å². The van der Waals surface area contributed by atoms with Gasteiger partial charge in [0.1, 0.15) is 12.6 Å². The summed E-state index contributed by atoms with van der Waals surface area (Å²) < 4.78 is 0. The number of carbonyl (C=O) groups is 2. The molecule has 4 rings (SSSR count). The molecule has 2 heterocycles. The number of amides is 2. The summed E-state index contributed by atoms with van der Waals surface area (Å²) in [6.07, 6.45) is 0.719.